The first-order valence-corrected chi connectivity index (χ1v) is 5.23. The Bertz CT molecular complexity index is 290. The van der Waals surface area contributed by atoms with E-state index >= 15 is 0 Å². The quantitative estimate of drug-likeness (QED) is 0.557. The van der Waals surface area contributed by atoms with Crippen LogP contribution in [0.5, 0.6) is 0 Å². The van der Waals surface area contributed by atoms with Gasteiger partial charge in [0.25, 0.3) is 0 Å². The van der Waals surface area contributed by atoms with E-state index in [0.717, 1.165) is 18.0 Å². The van der Waals surface area contributed by atoms with Gasteiger partial charge in [0.15, 0.2) is 0 Å². The minimum Gasteiger partial charge on any atom is -0.340 e. The van der Waals surface area contributed by atoms with Crippen molar-refractivity contribution >= 4 is 0 Å². The molecule has 1 fully saturated rings. The summed E-state index contributed by atoms with van der Waals surface area (Å²) in [6.45, 7) is 0. The molecule has 1 aliphatic rings. The maximum atomic E-state index is 5.54. The lowest BCUT2D eigenvalue weighted by Gasteiger charge is -2.28. The van der Waals surface area contributed by atoms with E-state index in [-0.39, 0.29) is 6.04 Å². The number of hydrogen-bond acceptors (Lipinski definition) is 3. The van der Waals surface area contributed by atoms with Gasteiger partial charge >= 0.3 is 0 Å². The fourth-order valence-electron chi connectivity index (χ4n) is 1.95. The van der Waals surface area contributed by atoms with Gasteiger partial charge in [-0.25, -0.2) is 4.98 Å². The van der Waals surface area contributed by atoms with E-state index in [2.05, 4.69) is 10.4 Å². The first-order valence-electron chi connectivity index (χ1n) is 5.23. The standard InChI is InChI=1S/C10H18N4/c1-14-6-10(12-7-14)9(13-11)5-8-3-2-4-8/h6-9,13H,2-5,11H2,1H3. The summed E-state index contributed by atoms with van der Waals surface area (Å²) in [6, 6.07) is 0.224. The third kappa shape index (κ3) is 1.96. The van der Waals surface area contributed by atoms with Crippen molar-refractivity contribution in [3.8, 4) is 0 Å². The summed E-state index contributed by atoms with van der Waals surface area (Å²) in [4.78, 5) is 4.32. The van der Waals surface area contributed by atoms with Gasteiger partial charge in [0, 0.05) is 13.2 Å². The summed E-state index contributed by atoms with van der Waals surface area (Å²) < 4.78 is 1.96. The largest absolute Gasteiger partial charge is 0.340 e. The molecule has 1 aliphatic carbocycles. The number of hydrazine groups is 1. The van der Waals surface area contributed by atoms with E-state index in [4.69, 9.17) is 5.84 Å². The Kier molecular flexibility index (Phi) is 2.84. The summed E-state index contributed by atoms with van der Waals surface area (Å²) in [5.41, 5.74) is 3.91. The van der Waals surface area contributed by atoms with Gasteiger partial charge < -0.3 is 4.57 Å². The molecule has 0 radical (unpaired) electrons. The van der Waals surface area contributed by atoms with Gasteiger partial charge in [-0.05, 0) is 12.3 Å². The summed E-state index contributed by atoms with van der Waals surface area (Å²) in [7, 11) is 1.98. The van der Waals surface area contributed by atoms with Crippen LogP contribution in [0.1, 0.15) is 37.4 Å². The third-order valence-electron chi connectivity index (χ3n) is 3.08. The topological polar surface area (TPSA) is 55.9 Å². The molecule has 1 aromatic rings. The molecule has 4 nitrogen and oxygen atoms in total. The highest BCUT2D eigenvalue weighted by molar-refractivity contribution is 5.03. The molecule has 4 heteroatoms. The van der Waals surface area contributed by atoms with Crippen LogP contribution >= 0.6 is 0 Å². The lowest BCUT2D eigenvalue weighted by molar-refractivity contribution is 0.260. The second-order valence-corrected chi connectivity index (χ2v) is 4.22. The van der Waals surface area contributed by atoms with E-state index in [9.17, 15) is 0 Å². The predicted molar refractivity (Wildman–Crippen MR) is 55.2 cm³/mol. The maximum Gasteiger partial charge on any atom is 0.0947 e. The number of hydrogen-bond donors (Lipinski definition) is 2. The third-order valence-corrected chi connectivity index (χ3v) is 3.08. The molecule has 1 saturated carbocycles. The van der Waals surface area contributed by atoms with E-state index in [1.807, 2.05) is 24.1 Å². The first-order chi connectivity index (χ1) is 6.79. The van der Waals surface area contributed by atoms with E-state index < -0.39 is 0 Å². The molecule has 3 N–H and O–H groups in total. The van der Waals surface area contributed by atoms with Gasteiger partial charge in [0.05, 0.1) is 18.1 Å². The van der Waals surface area contributed by atoms with Crippen molar-refractivity contribution in [1.29, 1.82) is 0 Å². The lowest BCUT2D eigenvalue weighted by Crippen LogP contribution is -2.31. The number of nitrogens with zero attached hydrogens (tertiary/aromatic N) is 2. The molecule has 0 amide bonds. The van der Waals surface area contributed by atoms with Gasteiger partial charge in [0.1, 0.15) is 0 Å². The number of nitrogens with two attached hydrogens (primary N) is 1. The molecule has 0 spiro atoms. The molecule has 1 aromatic heterocycles. The first kappa shape index (κ1) is 9.68. The normalized spacial score (nSPS) is 19.3. The molecule has 1 atom stereocenters. The fourth-order valence-corrected chi connectivity index (χ4v) is 1.95. The van der Waals surface area contributed by atoms with Crippen molar-refractivity contribution in [3.63, 3.8) is 0 Å². The SMILES string of the molecule is Cn1cnc(C(CC2CCC2)NN)c1. The zero-order valence-electron chi connectivity index (χ0n) is 8.61. The molecule has 0 bridgehead atoms. The fraction of sp³-hybridized carbons (Fsp3) is 0.700. The summed E-state index contributed by atoms with van der Waals surface area (Å²) in [5, 5.41) is 0. The van der Waals surface area contributed by atoms with Crippen LogP contribution in [-0.2, 0) is 7.05 Å². The molecule has 0 saturated heterocycles. The van der Waals surface area contributed by atoms with Crippen LogP contribution in [0.15, 0.2) is 12.5 Å². The summed E-state index contributed by atoms with van der Waals surface area (Å²) >= 11 is 0. The minimum atomic E-state index is 0.224. The Balaban J connectivity index is 1.97. The van der Waals surface area contributed by atoms with Crippen LogP contribution in [0.3, 0.4) is 0 Å². The Morgan fingerprint density at radius 1 is 1.71 bits per heavy atom. The second kappa shape index (κ2) is 4.11. The second-order valence-electron chi connectivity index (χ2n) is 4.22. The highest BCUT2D eigenvalue weighted by atomic mass is 15.2. The van der Waals surface area contributed by atoms with Crippen LogP contribution < -0.4 is 11.3 Å². The van der Waals surface area contributed by atoms with Gasteiger partial charge in [-0.15, -0.1) is 0 Å². The molecule has 2 rings (SSSR count). The number of aromatic nitrogens is 2. The van der Waals surface area contributed by atoms with Crippen molar-refractivity contribution in [2.24, 2.45) is 18.8 Å². The molecular weight excluding hydrogens is 176 g/mol. The van der Waals surface area contributed by atoms with Crippen molar-refractivity contribution in [3.05, 3.63) is 18.2 Å². The number of imidazole rings is 1. The Hall–Kier alpha value is -0.870. The van der Waals surface area contributed by atoms with Crippen LogP contribution in [0.4, 0.5) is 0 Å². The Morgan fingerprint density at radius 3 is 2.93 bits per heavy atom. The van der Waals surface area contributed by atoms with Crippen molar-refractivity contribution in [2.45, 2.75) is 31.7 Å². The average molecular weight is 194 g/mol. The Morgan fingerprint density at radius 2 is 2.50 bits per heavy atom. The molecule has 0 aliphatic heterocycles. The zero-order valence-corrected chi connectivity index (χ0v) is 8.61. The zero-order chi connectivity index (χ0) is 9.97. The van der Waals surface area contributed by atoms with Gasteiger partial charge in [-0.2, -0.15) is 0 Å². The maximum absolute atomic E-state index is 5.54. The highest BCUT2D eigenvalue weighted by Crippen LogP contribution is 2.33. The van der Waals surface area contributed by atoms with E-state index in [1.54, 1.807) is 0 Å². The molecule has 0 aromatic carbocycles. The molecule has 14 heavy (non-hydrogen) atoms. The highest BCUT2D eigenvalue weighted by Gasteiger charge is 2.23. The minimum absolute atomic E-state index is 0.224. The molecule has 1 unspecified atom stereocenters. The number of nitrogens with one attached hydrogen (secondary N) is 1. The van der Waals surface area contributed by atoms with Crippen molar-refractivity contribution < 1.29 is 0 Å². The van der Waals surface area contributed by atoms with Crippen LogP contribution in [-0.4, -0.2) is 9.55 Å². The van der Waals surface area contributed by atoms with Crippen LogP contribution in [0, 0.1) is 5.92 Å². The number of aryl methyl sites for hydroxylation is 1. The van der Waals surface area contributed by atoms with Gasteiger partial charge in [-0.1, -0.05) is 19.3 Å². The van der Waals surface area contributed by atoms with Crippen molar-refractivity contribution in [1.82, 2.24) is 15.0 Å². The van der Waals surface area contributed by atoms with Gasteiger partial charge in [0.2, 0.25) is 0 Å². The average Bonchev–Trinajstić information content (AvgIpc) is 2.50. The van der Waals surface area contributed by atoms with Crippen molar-refractivity contribution in [2.75, 3.05) is 0 Å². The van der Waals surface area contributed by atoms with Crippen LogP contribution in [0.25, 0.3) is 0 Å². The summed E-state index contributed by atoms with van der Waals surface area (Å²) in [6.07, 6.45) is 9.05. The predicted octanol–water partition coefficient (Wildman–Crippen LogP) is 1.11. The summed E-state index contributed by atoms with van der Waals surface area (Å²) in [5.74, 6) is 6.39. The molecule has 78 valence electrons. The number of rotatable bonds is 4. The lowest BCUT2D eigenvalue weighted by atomic mass is 9.80. The Labute approximate surface area is 84.5 Å². The molecular formula is C10H18N4. The van der Waals surface area contributed by atoms with E-state index in [1.165, 1.54) is 19.3 Å². The smallest absolute Gasteiger partial charge is 0.0947 e. The van der Waals surface area contributed by atoms with Gasteiger partial charge in [-0.3, -0.25) is 11.3 Å². The van der Waals surface area contributed by atoms with E-state index in [0.29, 0.717) is 0 Å². The van der Waals surface area contributed by atoms with Crippen LogP contribution in [0.2, 0.25) is 0 Å². The molecule has 1 heterocycles. The monoisotopic (exact) mass is 194 g/mol.